The normalized spacial score (nSPS) is 14.4. The van der Waals surface area contributed by atoms with E-state index in [1.807, 2.05) is 30.3 Å². The molecule has 28 heavy (non-hydrogen) atoms. The monoisotopic (exact) mass is 497 g/mol. The fourth-order valence-corrected chi connectivity index (χ4v) is 3.20. The van der Waals surface area contributed by atoms with Gasteiger partial charge in [-0.05, 0) is 25.1 Å². The lowest BCUT2D eigenvalue weighted by atomic mass is 10.2. The van der Waals surface area contributed by atoms with Crippen molar-refractivity contribution in [2.75, 3.05) is 44.7 Å². The number of hydrogen-bond acceptors (Lipinski definition) is 5. The van der Waals surface area contributed by atoms with Gasteiger partial charge in [0, 0.05) is 44.5 Å². The van der Waals surface area contributed by atoms with Crippen molar-refractivity contribution in [1.82, 2.24) is 15.2 Å². The predicted molar refractivity (Wildman–Crippen MR) is 123 cm³/mol. The lowest BCUT2D eigenvalue weighted by Crippen LogP contribution is -2.52. The molecule has 7 nitrogen and oxygen atoms in total. The van der Waals surface area contributed by atoms with Gasteiger partial charge in [0.05, 0.1) is 19.3 Å². The summed E-state index contributed by atoms with van der Waals surface area (Å²) >= 11 is 0. The molecule has 0 radical (unpaired) electrons. The van der Waals surface area contributed by atoms with Crippen molar-refractivity contribution in [1.29, 1.82) is 0 Å². The molecule has 0 aliphatic carbocycles. The maximum Gasteiger partial charge on any atom is 0.218 e. The number of aromatic hydroxyl groups is 1. The summed E-state index contributed by atoms with van der Waals surface area (Å²) in [4.78, 5) is 13.5. The molecule has 1 fully saturated rings. The number of aliphatic imine (C=N–C) groups is 1. The van der Waals surface area contributed by atoms with Crippen LogP contribution in [0.1, 0.15) is 12.5 Å². The molecule has 0 amide bonds. The summed E-state index contributed by atoms with van der Waals surface area (Å²) in [6.45, 7) is 6.73. The lowest BCUT2D eigenvalue weighted by molar-refractivity contribution is 0.369. The van der Waals surface area contributed by atoms with Gasteiger partial charge in [-0.3, -0.25) is 0 Å². The number of para-hydroxylation sites is 2. The largest absolute Gasteiger partial charge is 0.506 e. The molecule has 0 saturated carbocycles. The number of hydrogen-bond donors (Lipinski definition) is 2. The number of ether oxygens (including phenoxy) is 1. The highest BCUT2D eigenvalue weighted by atomic mass is 127. The second-order valence-electron chi connectivity index (χ2n) is 6.30. The van der Waals surface area contributed by atoms with E-state index in [2.05, 4.69) is 27.0 Å². The van der Waals surface area contributed by atoms with Crippen molar-refractivity contribution >= 4 is 35.6 Å². The van der Waals surface area contributed by atoms with Crippen molar-refractivity contribution in [2.45, 2.75) is 13.5 Å². The molecule has 1 aliphatic rings. The number of guanidine groups is 1. The van der Waals surface area contributed by atoms with E-state index in [0.717, 1.165) is 49.9 Å². The molecule has 2 heterocycles. The van der Waals surface area contributed by atoms with Crippen LogP contribution in [0.2, 0.25) is 0 Å². The van der Waals surface area contributed by atoms with Crippen LogP contribution < -0.4 is 15.0 Å². The Bertz CT molecular complexity index is 779. The molecule has 0 unspecified atom stereocenters. The smallest absolute Gasteiger partial charge is 0.218 e. The number of halogens is 1. The standard InChI is InChI=1S/C20H27N5O2.HI/c1-3-21-20(23-15-16-7-6-10-22-19(16)27-2)25-13-11-24(12-14-25)17-8-4-5-9-18(17)26;/h4-10,26H,3,11-15H2,1-2H3,(H,21,23);1H. The van der Waals surface area contributed by atoms with Crippen LogP contribution >= 0.6 is 24.0 Å². The quantitative estimate of drug-likeness (QED) is 0.376. The Morgan fingerprint density at radius 2 is 1.93 bits per heavy atom. The average Bonchev–Trinajstić information content (AvgIpc) is 2.72. The zero-order chi connectivity index (χ0) is 19.1. The topological polar surface area (TPSA) is 73.2 Å². The lowest BCUT2D eigenvalue weighted by Gasteiger charge is -2.37. The molecule has 1 aromatic heterocycles. The highest BCUT2D eigenvalue weighted by molar-refractivity contribution is 14.0. The van der Waals surface area contributed by atoms with E-state index in [1.165, 1.54) is 0 Å². The molecule has 0 atom stereocenters. The Hall–Kier alpha value is -2.23. The Labute approximate surface area is 183 Å². The van der Waals surface area contributed by atoms with Crippen LogP contribution in [0.15, 0.2) is 47.6 Å². The first kappa shape index (κ1) is 22.1. The number of phenols is 1. The van der Waals surface area contributed by atoms with Crippen LogP contribution in [-0.4, -0.2) is 60.8 Å². The van der Waals surface area contributed by atoms with Gasteiger partial charge in [0.15, 0.2) is 5.96 Å². The molecule has 8 heteroatoms. The minimum absolute atomic E-state index is 0. The van der Waals surface area contributed by atoms with Gasteiger partial charge in [0.25, 0.3) is 0 Å². The van der Waals surface area contributed by atoms with E-state index in [9.17, 15) is 5.11 Å². The molecule has 1 saturated heterocycles. The minimum atomic E-state index is 0. The number of phenolic OH excluding ortho intramolecular Hbond substituents is 1. The second kappa shape index (κ2) is 10.9. The highest BCUT2D eigenvalue weighted by Crippen LogP contribution is 2.27. The van der Waals surface area contributed by atoms with Gasteiger partial charge in [0.2, 0.25) is 5.88 Å². The number of aromatic nitrogens is 1. The summed E-state index contributed by atoms with van der Waals surface area (Å²) in [6.07, 6.45) is 1.72. The van der Waals surface area contributed by atoms with Crippen LogP contribution in [-0.2, 0) is 6.54 Å². The predicted octanol–water partition coefficient (Wildman–Crippen LogP) is 2.70. The van der Waals surface area contributed by atoms with Crippen molar-refractivity contribution in [3.63, 3.8) is 0 Å². The minimum Gasteiger partial charge on any atom is -0.506 e. The molecule has 0 bridgehead atoms. The molecule has 0 spiro atoms. The Kier molecular flexibility index (Phi) is 8.62. The van der Waals surface area contributed by atoms with Crippen LogP contribution in [0.5, 0.6) is 11.6 Å². The van der Waals surface area contributed by atoms with Crippen molar-refractivity contribution in [3.8, 4) is 11.6 Å². The molecule has 2 N–H and O–H groups in total. The zero-order valence-electron chi connectivity index (χ0n) is 16.3. The third-order valence-corrected chi connectivity index (χ3v) is 4.58. The first-order chi connectivity index (χ1) is 13.2. The first-order valence-corrected chi connectivity index (χ1v) is 9.27. The summed E-state index contributed by atoms with van der Waals surface area (Å²) in [5, 5.41) is 13.4. The van der Waals surface area contributed by atoms with Gasteiger partial charge in [-0.15, -0.1) is 24.0 Å². The summed E-state index contributed by atoms with van der Waals surface area (Å²) in [7, 11) is 1.62. The molecule has 1 aliphatic heterocycles. The second-order valence-corrected chi connectivity index (χ2v) is 6.30. The van der Waals surface area contributed by atoms with Gasteiger partial charge in [-0.25, -0.2) is 9.98 Å². The molecular weight excluding hydrogens is 469 g/mol. The number of nitrogens with one attached hydrogen (secondary N) is 1. The summed E-state index contributed by atoms with van der Waals surface area (Å²) in [5.41, 5.74) is 1.85. The van der Waals surface area contributed by atoms with E-state index in [1.54, 1.807) is 19.4 Å². The summed E-state index contributed by atoms with van der Waals surface area (Å²) < 4.78 is 5.31. The third kappa shape index (κ3) is 5.40. The van der Waals surface area contributed by atoms with Gasteiger partial charge < -0.3 is 25.0 Å². The number of methoxy groups -OCH3 is 1. The fourth-order valence-electron chi connectivity index (χ4n) is 3.20. The number of nitrogens with zero attached hydrogens (tertiary/aromatic N) is 4. The summed E-state index contributed by atoms with van der Waals surface area (Å²) in [6, 6.07) is 11.4. The van der Waals surface area contributed by atoms with Crippen LogP contribution in [0, 0.1) is 0 Å². The average molecular weight is 497 g/mol. The first-order valence-electron chi connectivity index (χ1n) is 9.27. The van der Waals surface area contributed by atoms with Crippen molar-refractivity contribution in [3.05, 3.63) is 48.2 Å². The number of benzene rings is 1. The van der Waals surface area contributed by atoms with E-state index < -0.39 is 0 Å². The summed E-state index contributed by atoms with van der Waals surface area (Å²) in [5.74, 6) is 1.83. The van der Waals surface area contributed by atoms with Crippen LogP contribution in [0.3, 0.4) is 0 Å². The van der Waals surface area contributed by atoms with E-state index >= 15 is 0 Å². The molecule has 152 valence electrons. The van der Waals surface area contributed by atoms with E-state index in [0.29, 0.717) is 18.2 Å². The van der Waals surface area contributed by atoms with Gasteiger partial charge in [-0.1, -0.05) is 18.2 Å². The maximum atomic E-state index is 10.1. The Morgan fingerprint density at radius 3 is 2.61 bits per heavy atom. The maximum absolute atomic E-state index is 10.1. The molecule has 3 rings (SSSR count). The zero-order valence-corrected chi connectivity index (χ0v) is 18.7. The van der Waals surface area contributed by atoms with Gasteiger partial charge in [0.1, 0.15) is 5.75 Å². The molecule has 2 aromatic rings. The van der Waals surface area contributed by atoms with Crippen molar-refractivity contribution in [2.24, 2.45) is 4.99 Å². The van der Waals surface area contributed by atoms with E-state index in [4.69, 9.17) is 9.73 Å². The Balaban J connectivity index is 0.00000280. The number of rotatable bonds is 5. The van der Waals surface area contributed by atoms with Crippen LogP contribution in [0.4, 0.5) is 5.69 Å². The number of anilines is 1. The fraction of sp³-hybridized carbons (Fsp3) is 0.400. The van der Waals surface area contributed by atoms with Gasteiger partial charge >= 0.3 is 0 Å². The van der Waals surface area contributed by atoms with Gasteiger partial charge in [-0.2, -0.15) is 0 Å². The van der Waals surface area contributed by atoms with E-state index in [-0.39, 0.29) is 24.0 Å². The van der Waals surface area contributed by atoms with Crippen LogP contribution in [0.25, 0.3) is 0 Å². The number of piperazine rings is 1. The molecule has 1 aromatic carbocycles. The Morgan fingerprint density at radius 1 is 1.18 bits per heavy atom. The number of pyridine rings is 1. The highest BCUT2D eigenvalue weighted by Gasteiger charge is 2.21. The molecular formula is C20H28IN5O2. The third-order valence-electron chi connectivity index (χ3n) is 4.58. The SMILES string of the molecule is CCNC(=NCc1cccnc1OC)N1CCN(c2ccccc2O)CC1.I. The van der Waals surface area contributed by atoms with Crippen molar-refractivity contribution < 1.29 is 9.84 Å².